The Labute approximate surface area is 93.7 Å². The number of aromatic amines is 1. The number of rotatable bonds is 4. The Morgan fingerprint density at radius 2 is 2.06 bits per heavy atom. The summed E-state index contributed by atoms with van der Waals surface area (Å²) in [5, 5.41) is 20.7. The molecule has 1 aromatic heterocycles. The number of fused-ring (bicyclic) bond motifs is 1. The number of hydrogen-bond donors (Lipinski definition) is 4. The lowest BCUT2D eigenvalue weighted by Crippen LogP contribution is -2.21. The molecule has 5 N–H and O–H groups in total. The number of aliphatic hydroxyl groups is 2. The third-order valence-electron chi connectivity index (χ3n) is 2.77. The summed E-state index contributed by atoms with van der Waals surface area (Å²) < 4.78 is 0. The zero-order valence-electron chi connectivity index (χ0n) is 8.93. The summed E-state index contributed by atoms with van der Waals surface area (Å²) in [5.41, 5.74) is 7.05. The molecule has 0 aliphatic heterocycles. The van der Waals surface area contributed by atoms with Gasteiger partial charge in [-0.05, 0) is 30.7 Å². The second-order valence-electron chi connectivity index (χ2n) is 3.88. The van der Waals surface area contributed by atoms with Crippen LogP contribution in [0.15, 0.2) is 30.5 Å². The van der Waals surface area contributed by atoms with Crippen molar-refractivity contribution >= 4 is 10.9 Å². The zero-order valence-corrected chi connectivity index (χ0v) is 8.93. The van der Waals surface area contributed by atoms with E-state index in [9.17, 15) is 10.2 Å². The second kappa shape index (κ2) is 4.65. The molecule has 16 heavy (non-hydrogen) atoms. The molecule has 2 aromatic rings. The standard InChI is InChI=1S/C12H16N2O2/c13-6-4-11(15)12(16)9-2-1-3-10-8(9)5-7-14-10/h1-3,5,7,11-12,14-16H,4,6,13H2. The molecule has 0 bridgehead atoms. The summed E-state index contributed by atoms with van der Waals surface area (Å²) in [4.78, 5) is 3.07. The lowest BCUT2D eigenvalue weighted by molar-refractivity contribution is 0.0159. The predicted molar refractivity (Wildman–Crippen MR) is 62.9 cm³/mol. The molecule has 1 heterocycles. The number of aromatic nitrogens is 1. The van der Waals surface area contributed by atoms with Crippen LogP contribution in [0.1, 0.15) is 18.1 Å². The summed E-state index contributed by atoms with van der Waals surface area (Å²) in [6.07, 6.45) is 0.506. The molecule has 2 atom stereocenters. The fourth-order valence-corrected chi connectivity index (χ4v) is 1.90. The molecule has 4 nitrogen and oxygen atoms in total. The van der Waals surface area contributed by atoms with Crippen LogP contribution in [0.2, 0.25) is 0 Å². The van der Waals surface area contributed by atoms with Crippen molar-refractivity contribution in [1.29, 1.82) is 0 Å². The highest BCUT2D eigenvalue weighted by Crippen LogP contribution is 2.26. The van der Waals surface area contributed by atoms with Crippen LogP contribution < -0.4 is 5.73 Å². The Morgan fingerprint density at radius 3 is 2.81 bits per heavy atom. The van der Waals surface area contributed by atoms with Crippen LogP contribution in [0.25, 0.3) is 10.9 Å². The number of nitrogens with one attached hydrogen (secondary N) is 1. The van der Waals surface area contributed by atoms with Gasteiger partial charge in [0, 0.05) is 17.1 Å². The molecular weight excluding hydrogens is 204 g/mol. The van der Waals surface area contributed by atoms with Gasteiger partial charge in [-0.15, -0.1) is 0 Å². The second-order valence-corrected chi connectivity index (χ2v) is 3.88. The van der Waals surface area contributed by atoms with Crippen LogP contribution in [0, 0.1) is 0 Å². The zero-order chi connectivity index (χ0) is 11.5. The van der Waals surface area contributed by atoms with E-state index in [-0.39, 0.29) is 0 Å². The average molecular weight is 220 g/mol. The maximum atomic E-state index is 10.0. The highest BCUT2D eigenvalue weighted by molar-refractivity contribution is 5.83. The number of nitrogens with two attached hydrogens (primary N) is 1. The predicted octanol–water partition coefficient (Wildman–Crippen LogP) is 0.911. The van der Waals surface area contributed by atoms with E-state index in [1.54, 1.807) is 0 Å². The van der Waals surface area contributed by atoms with Gasteiger partial charge >= 0.3 is 0 Å². The van der Waals surface area contributed by atoms with E-state index >= 15 is 0 Å². The average Bonchev–Trinajstić information content (AvgIpc) is 2.76. The van der Waals surface area contributed by atoms with Crippen molar-refractivity contribution in [1.82, 2.24) is 4.98 Å². The van der Waals surface area contributed by atoms with Gasteiger partial charge in [0.25, 0.3) is 0 Å². The number of H-pyrrole nitrogens is 1. The van der Waals surface area contributed by atoms with Crippen LogP contribution in [0.3, 0.4) is 0 Å². The van der Waals surface area contributed by atoms with E-state index in [2.05, 4.69) is 4.98 Å². The molecule has 0 saturated heterocycles. The lowest BCUT2D eigenvalue weighted by Gasteiger charge is -2.18. The first-order chi connectivity index (χ1) is 7.74. The minimum atomic E-state index is -0.886. The minimum Gasteiger partial charge on any atom is -0.390 e. The first-order valence-corrected chi connectivity index (χ1v) is 5.36. The van der Waals surface area contributed by atoms with Crippen LogP contribution in [0.4, 0.5) is 0 Å². The van der Waals surface area contributed by atoms with Crippen molar-refractivity contribution in [3.8, 4) is 0 Å². The van der Waals surface area contributed by atoms with Crippen LogP contribution in [0.5, 0.6) is 0 Å². The normalized spacial score (nSPS) is 15.2. The molecule has 2 rings (SSSR count). The van der Waals surface area contributed by atoms with Gasteiger partial charge in [0.15, 0.2) is 0 Å². The third kappa shape index (κ3) is 1.95. The minimum absolute atomic E-state index is 0.362. The molecule has 0 spiro atoms. The third-order valence-corrected chi connectivity index (χ3v) is 2.77. The quantitative estimate of drug-likeness (QED) is 0.618. The van der Waals surface area contributed by atoms with Gasteiger partial charge in [-0.3, -0.25) is 0 Å². The Balaban J connectivity index is 2.35. The molecule has 1 aromatic carbocycles. The maximum absolute atomic E-state index is 10.0. The van der Waals surface area contributed by atoms with Crippen LogP contribution in [-0.4, -0.2) is 27.8 Å². The highest BCUT2D eigenvalue weighted by Gasteiger charge is 2.19. The van der Waals surface area contributed by atoms with Crippen molar-refractivity contribution in [3.05, 3.63) is 36.0 Å². The molecule has 0 aliphatic rings. The largest absolute Gasteiger partial charge is 0.390 e. The topological polar surface area (TPSA) is 82.3 Å². The molecule has 0 radical (unpaired) electrons. The Hall–Kier alpha value is -1.36. The molecular formula is C12H16N2O2. The Bertz CT molecular complexity index is 467. The van der Waals surface area contributed by atoms with Crippen LogP contribution >= 0.6 is 0 Å². The molecule has 0 fully saturated rings. The van der Waals surface area contributed by atoms with Crippen molar-refractivity contribution in [2.24, 2.45) is 5.73 Å². The number of aliphatic hydroxyl groups excluding tert-OH is 2. The maximum Gasteiger partial charge on any atom is 0.106 e. The number of hydrogen-bond acceptors (Lipinski definition) is 3. The van der Waals surface area contributed by atoms with Gasteiger partial charge in [0.1, 0.15) is 6.10 Å². The van der Waals surface area contributed by atoms with Gasteiger partial charge in [-0.1, -0.05) is 12.1 Å². The number of benzene rings is 1. The molecule has 0 amide bonds. The summed E-state index contributed by atoms with van der Waals surface area (Å²) in [6, 6.07) is 7.50. The van der Waals surface area contributed by atoms with E-state index in [1.165, 1.54) is 0 Å². The van der Waals surface area contributed by atoms with E-state index < -0.39 is 12.2 Å². The fraction of sp³-hybridized carbons (Fsp3) is 0.333. The summed E-state index contributed by atoms with van der Waals surface area (Å²) in [5.74, 6) is 0. The van der Waals surface area contributed by atoms with Gasteiger partial charge in [-0.2, -0.15) is 0 Å². The van der Waals surface area contributed by atoms with Crippen molar-refractivity contribution in [2.75, 3.05) is 6.54 Å². The lowest BCUT2D eigenvalue weighted by atomic mass is 9.99. The van der Waals surface area contributed by atoms with Crippen LogP contribution in [-0.2, 0) is 0 Å². The van der Waals surface area contributed by atoms with E-state index in [0.29, 0.717) is 13.0 Å². The first-order valence-electron chi connectivity index (χ1n) is 5.36. The Morgan fingerprint density at radius 1 is 1.25 bits per heavy atom. The summed E-state index contributed by atoms with van der Waals surface area (Å²) >= 11 is 0. The van der Waals surface area contributed by atoms with E-state index in [0.717, 1.165) is 16.5 Å². The Kier molecular flexibility index (Phi) is 3.24. The highest BCUT2D eigenvalue weighted by atomic mass is 16.3. The molecule has 2 unspecified atom stereocenters. The monoisotopic (exact) mass is 220 g/mol. The fourth-order valence-electron chi connectivity index (χ4n) is 1.90. The van der Waals surface area contributed by atoms with Crippen molar-refractivity contribution in [2.45, 2.75) is 18.6 Å². The van der Waals surface area contributed by atoms with Gasteiger partial charge in [-0.25, -0.2) is 0 Å². The summed E-state index contributed by atoms with van der Waals surface area (Å²) in [6.45, 7) is 0.362. The molecule has 4 heteroatoms. The molecule has 0 aliphatic carbocycles. The molecule has 86 valence electrons. The van der Waals surface area contributed by atoms with Crippen molar-refractivity contribution in [3.63, 3.8) is 0 Å². The van der Waals surface area contributed by atoms with Crippen molar-refractivity contribution < 1.29 is 10.2 Å². The van der Waals surface area contributed by atoms with Gasteiger partial charge in [0.2, 0.25) is 0 Å². The summed E-state index contributed by atoms with van der Waals surface area (Å²) in [7, 11) is 0. The SMILES string of the molecule is NCCC(O)C(O)c1cccc2[nH]ccc12. The first kappa shape index (κ1) is 11.1. The van der Waals surface area contributed by atoms with E-state index in [4.69, 9.17) is 5.73 Å². The van der Waals surface area contributed by atoms with E-state index in [1.807, 2.05) is 30.5 Å². The van der Waals surface area contributed by atoms with Gasteiger partial charge in [0.05, 0.1) is 6.10 Å². The van der Waals surface area contributed by atoms with Gasteiger partial charge < -0.3 is 20.9 Å². The smallest absolute Gasteiger partial charge is 0.106 e. The molecule has 0 saturated carbocycles.